The van der Waals surface area contributed by atoms with E-state index in [4.69, 9.17) is 10.5 Å². The summed E-state index contributed by atoms with van der Waals surface area (Å²) in [6.07, 6.45) is 0.884. The monoisotopic (exact) mass is 284 g/mol. The second kappa shape index (κ2) is 6.78. The molecule has 1 aliphatic heterocycles. The van der Waals surface area contributed by atoms with Gasteiger partial charge in [0.2, 0.25) is 0 Å². The van der Waals surface area contributed by atoms with E-state index in [1.165, 1.54) is 0 Å². The van der Waals surface area contributed by atoms with Gasteiger partial charge < -0.3 is 15.4 Å². The summed E-state index contributed by atoms with van der Waals surface area (Å²) in [6, 6.07) is 6.07. The van der Waals surface area contributed by atoms with Crippen LogP contribution >= 0.6 is 12.4 Å². The quantitative estimate of drug-likeness (QED) is 0.918. The van der Waals surface area contributed by atoms with Gasteiger partial charge in [-0.3, -0.25) is 4.79 Å². The van der Waals surface area contributed by atoms with Crippen LogP contribution in [0.5, 0.6) is 5.75 Å². The van der Waals surface area contributed by atoms with Crippen molar-refractivity contribution >= 4 is 18.3 Å². The standard InChI is InChI=1S/C14H20N2O2.ClH/c1-10-4-3-5-11(2)14(10)18-9-13(17)16-7-6-12(15)8-16;/h3-5,12H,6-9,15H2,1-2H3;1H/t12-;/m1./s1. The Hall–Kier alpha value is -1.26. The van der Waals surface area contributed by atoms with E-state index in [0.29, 0.717) is 6.54 Å². The highest BCUT2D eigenvalue weighted by Gasteiger charge is 2.23. The lowest BCUT2D eigenvalue weighted by Gasteiger charge is -2.17. The Kier molecular flexibility index (Phi) is 5.63. The Morgan fingerprint density at radius 2 is 2.05 bits per heavy atom. The smallest absolute Gasteiger partial charge is 0.260 e. The lowest BCUT2D eigenvalue weighted by molar-refractivity contribution is -0.132. The van der Waals surface area contributed by atoms with Gasteiger partial charge in [0.25, 0.3) is 5.91 Å². The molecule has 106 valence electrons. The van der Waals surface area contributed by atoms with Gasteiger partial charge >= 0.3 is 0 Å². The molecule has 2 N–H and O–H groups in total. The summed E-state index contributed by atoms with van der Waals surface area (Å²) in [7, 11) is 0. The fourth-order valence-electron chi connectivity index (χ4n) is 2.27. The third-order valence-electron chi connectivity index (χ3n) is 3.33. The molecule has 5 heteroatoms. The highest BCUT2D eigenvalue weighted by molar-refractivity contribution is 5.85. The Morgan fingerprint density at radius 3 is 2.58 bits per heavy atom. The molecular formula is C14H21ClN2O2. The van der Waals surface area contributed by atoms with Gasteiger partial charge in [-0.25, -0.2) is 0 Å². The van der Waals surface area contributed by atoms with E-state index in [9.17, 15) is 4.79 Å². The number of amides is 1. The molecule has 1 aliphatic rings. The number of carbonyl (C=O) groups is 1. The van der Waals surface area contributed by atoms with E-state index in [1.807, 2.05) is 32.0 Å². The van der Waals surface area contributed by atoms with Crippen molar-refractivity contribution in [2.24, 2.45) is 5.73 Å². The number of likely N-dealkylation sites (tertiary alicyclic amines) is 1. The fraction of sp³-hybridized carbons (Fsp3) is 0.500. The number of halogens is 1. The summed E-state index contributed by atoms with van der Waals surface area (Å²) >= 11 is 0. The summed E-state index contributed by atoms with van der Waals surface area (Å²) in [5, 5.41) is 0. The number of carbonyl (C=O) groups excluding carboxylic acids is 1. The zero-order chi connectivity index (χ0) is 13.1. The Labute approximate surface area is 120 Å². The minimum Gasteiger partial charge on any atom is -0.483 e. The molecule has 0 aliphatic carbocycles. The van der Waals surface area contributed by atoms with Gasteiger partial charge in [-0.2, -0.15) is 0 Å². The maximum Gasteiger partial charge on any atom is 0.260 e. The molecule has 1 aromatic carbocycles. The number of rotatable bonds is 3. The number of hydrogen-bond donors (Lipinski definition) is 1. The van der Waals surface area contributed by atoms with E-state index in [1.54, 1.807) is 4.90 Å². The van der Waals surface area contributed by atoms with Crippen LogP contribution in [0, 0.1) is 13.8 Å². The molecule has 0 saturated carbocycles. The maximum atomic E-state index is 11.9. The number of para-hydroxylation sites is 1. The van der Waals surface area contributed by atoms with E-state index in [-0.39, 0.29) is 31.0 Å². The van der Waals surface area contributed by atoms with Gasteiger partial charge in [-0.15, -0.1) is 12.4 Å². The van der Waals surface area contributed by atoms with E-state index < -0.39 is 0 Å². The summed E-state index contributed by atoms with van der Waals surface area (Å²) in [5.74, 6) is 0.833. The summed E-state index contributed by atoms with van der Waals surface area (Å²) in [4.78, 5) is 13.7. The first-order valence-corrected chi connectivity index (χ1v) is 6.30. The van der Waals surface area contributed by atoms with Crippen LogP contribution in [0.15, 0.2) is 18.2 Å². The Balaban J connectivity index is 0.00000180. The van der Waals surface area contributed by atoms with Crippen LogP contribution in [0.4, 0.5) is 0 Å². The van der Waals surface area contributed by atoms with Crippen LogP contribution in [0.3, 0.4) is 0 Å². The van der Waals surface area contributed by atoms with Gasteiger partial charge in [-0.1, -0.05) is 18.2 Å². The summed E-state index contributed by atoms with van der Waals surface area (Å²) < 4.78 is 5.64. The topological polar surface area (TPSA) is 55.6 Å². The predicted octanol–water partition coefficient (Wildman–Crippen LogP) is 1.66. The average molecular weight is 285 g/mol. The minimum absolute atomic E-state index is 0. The Bertz CT molecular complexity index is 431. The van der Waals surface area contributed by atoms with Crippen molar-refractivity contribution in [1.82, 2.24) is 4.90 Å². The molecule has 0 unspecified atom stereocenters. The zero-order valence-corrected chi connectivity index (χ0v) is 12.2. The van der Waals surface area contributed by atoms with E-state index in [2.05, 4.69) is 0 Å². The third-order valence-corrected chi connectivity index (χ3v) is 3.33. The van der Waals surface area contributed by atoms with Crippen molar-refractivity contribution in [1.29, 1.82) is 0 Å². The molecule has 0 aromatic heterocycles. The minimum atomic E-state index is 0. The molecule has 0 spiro atoms. The number of nitrogens with zero attached hydrogens (tertiary/aromatic N) is 1. The Morgan fingerprint density at radius 1 is 1.42 bits per heavy atom. The van der Waals surface area contributed by atoms with Crippen LogP contribution < -0.4 is 10.5 Å². The lowest BCUT2D eigenvalue weighted by atomic mass is 10.1. The van der Waals surface area contributed by atoms with Gasteiger partial charge in [-0.05, 0) is 31.4 Å². The molecule has 1 fully saturated rings. The van der Waals surface area contributed by atoms with Crippen molar-refractivity contribution < 1.29 is 9.53 Å². The van der Waals surface area contributed by atoms with Crippen LogP contribution in [-0.4, -0.2) is 36.5 Å². The highest BCUT2D eigenvalue weighted by Crippen LogP contribution is 2.22. The SMILES string of the molecule is Cc1cccc(C)c1OCC(=O)N1CC[C@@H](N)C1.Cl. The van der Waals surface area contributed by atoms with Crippen LogP contribution in [0.25, 0.3) is 0 Å². The van der Waals surface area contributed by atoms with E-state index >= 15 is 0 Å². The summed E-state index contributed by atoms with van der Waals surface area (Å²) in [6.45, 7) is 5.46. The molecule has 0 radical (unpaired) electrons. The van der Waals surface area contributed by atoms with Crippen LogP contribution in [0.1, 0.15) is 17.5 Å². The van der Waals surface area contributed by atoms with Crippen molar-refractivity contribution in [2.45, 2.75) is 26.3 Å². The first-order chi connectivity index (χ1) is 8.58. The highest BCUT2D eigenvalue weighted by atomic mass is 35.5. The second-order valence-electron chi connectivity index (χ2n) is 4.90. The molecular weight excluding hydrogens is 264 g/mol. The van der Waals surface area contributed by atoms with Crippen LogP contribution in [0.2, 0.25) is 0 Å². The molecule has 2 rings (SSSR count). The molecule has 1 aromatic rings. The van der Waals surface area contributed by atoms with Gasteiger partial charge in [0, 0.05) is 19.1 Å². The molecule has 4 nitrogen and oxygen atoms in total. The molecule has 1 atom stereocenters. The number of hydrogen-bond acceptors (Lipinski definition) is 3. The number of nitrogens with two attached hydrogens (primary N) is 1. The fourth-order valence-corrected chi connectivity index (χ4v) is 2.27. The van der Waals surface area contributed by atoms with Crippen molar-refractivity contribution in [3.05, 3.63) is 29.3 Å². The molecule has 1 heterocycles. The van der Waals surface area contributed by atoms with Crippen molar-refractivity contribution in [3.63, 3.8) is 0 Å². The molecule has 1 saturated heterocycles. The number of ether oxygens (including phenoxy) is 1. The zero-order valence-electron chi connectivity index (χ0n) is 11.4. The first kappa shape index (κ1) is 15.8. The summed E-state index contributed by atoms with van der Waals surface area (Å²) in [5.41, 5.74) is 7.90. The largest absolute Gasteiger partial charge is 0.483 e. The van der Waals surface area contributed by atoms with Crippen molar-refractivity contribution in [3.8, 4) is 5.75 Å². The van der Waals surface area contributed by atoms with Gasteiger partial charge in [0.05, 0.1) is 0 Å². The van der Waals surface area contributed by atoms with Crippen molar-refractivity contribution in [2.75, 3.05) is 19.7 Å². The van der Waals surface area contributed by atoms with Gasteiger partial charge in [0.15, 0.2) is 6.61 Å². The van der Waals surface area contributed by atoms with E-state index in [0.717, 1.165) is 29.8 Å². The molecule has 19 heavy (non-hydrogen) atoms. The molecule has 1 amide bonds. The number of benzene rings is 1. The third kappa shape index (κ3) is 3.85. The average Bonchev–Trinajstić information content (AvgIpc) is 2.75. The maximum absolute atomic E-state index is 11.9. The normalized spacial score (nSPS) is 18.1. The van der Waals surface area contributed by atoms with Crippen LogP contribution in [-0.2, 0) is 4.79 Å². The number of aryl methyl sites for hydroxylation is 2. The second-order valence-corrected chi connectivity index (χ2v) is 4.90. The lowest BCUT2D eigenvalue weighted by Crippen LogP contribution is -2.35. The van der Waals surface area contributed by atoms with Gasteiger partial charge in [0.1, 0.15) is 5.75 Å². The predicted molar refractivity (Wildman–Crippen MR) is 77.8 cm³/mol. The molecule has 0 bridgehead atoms. The first-order valence-electron chi connectivity index (χ1n) is 6.30.